The molecule has 3 heteroatoms. The highest BCUT2D eigenvalue weighted by Crippen LogP contribution is 2.40. The maximum atomic E-state index is 5.88. The minimum Gasteiger partial charge on any atom is -0.397 e. The summed E-state index contributed by atoms with van der Waals surface area (Å²) in [6, 6.07) is 1.13. The van der Waals surface area contributed by atoms with Crippen molar-refractivity contribution >= 4 is 8.56 Å². The summed E-state index contributed by atoms with van der Waals surface area (Å²) < 4.78 is 11.8. The van der Waals surface area contributed by atoms with Gasteiger partial charge in [-0.15, -0.1) is 0 Å². The van der Waals surface area contributed by atoms with Gasteiger partial charge in [0.2, 0.25) is 0 Å². The maximum Gasteiger partial charge on any atom is 0.343 e. The molecule has 0 radical (unpaired) electrons. The lowest BCUT2D eigenvalue weighted by atomic mass is 10.1. The predicted octanol–water partition coefficient (Wildman–Crippen LogP) is 7.61. The molecule has 0 aromatic carbocycles. The quantitative estimate of drug-likeness (QED) is 0.209. The number of hydrogen-bond donors (Lipinski definition) is 0. The van der Waals surface area contributed by atoms with E-state index in [0.29, 0.717) is 0 Å². The van der Waals surface area contributed by atoms with Gasteiger partial charge >= 0.3 is 8.56 Å². The second-order valence-corrected chi connectivity index (χ2v) is 12.7. The second kappa shape index (κ2) is 14.3. The van der Waals surface area contributed by atoms with E-state index in [0.717, 1.165) is 6.04 Å². The van der Waals surface area contributed by atoms with E-state index in [-0.39, 0.29) is 5.04 Å². The van der Waals surface area contributed by atoms with Crippen LogP contribution in [0.25, 0.3) is 0 Å². The summed E-state index contributed by atoms with van der Waals surface area (Å²) >= 11 is 0. The molecule has 0 amide bonds. The van der Waals surface area contributed by atoms with Crippen molar-refractivity contribution < 1.29 is 8.85 Å². The monoisotopic (exact) mass is 358 g/mol. The average Bonchev–Trinajstić information content (AvgIpc) is 2.54. The van der Waals surface area contributed by atoms with Crippen LogP contribution in [0.15, 0.2) is 0 Å². The summed E-state index contributed by atoms with van der Waals surface area (Å²) in [5.41, 5.74) is 0. The first-order chi connectivity index (χ1) is 11.4. The molecule has 0 aliphatic heterocycles. The van der Waals surface area contributed by atoms with E-state index in [1.807, 2.05) is 14.2 Å². The highest BCUT2D eigenvalue weighted by Gasteiger charge is 2.47. The van der Waals surface area contributed by atoms with Crippen LogP contribution in [-0.2, 0) is 8.85 Å². The first-order valence-corrected chi connectivity index (χ1v) is 12.6. The average molecular weight is 359 g/mol. The highest BCUT2D eigenvalue weighted by molar-refractivity contribution is 6.70. The van der Waals surface area contributed by atoms with Crippen molar-refractivity contribution in [1.82, 2.24) is 0 Å². The van der Waals surface area contributed by atoms with Gasteiger partial charge in [-0.1, -0.05) is 111 Å². The summed E-state index contributed by atoms with van der Waals surface area (Å²) in [6.45, 7) is 9.06. The van der Waals surface area contributed by atoms with Crippen LogP contribution in [0.5, 0.6) is 0 Å². The lowest BCUT2D eigenvalue weighted by Gasteiger charge is -2.38. The molecule has 0 spiro atoms. The van der Waals surface area contributed by atoms with Crippen molar-refractivity contribution in [3.05, 3.63) is 0 Å². The Kier molecular flexibility index (Phi) is 14.4. The Morgan fingerprint density at radius 2 is 0.917 bits per heavy atom. The second-order valence-electron chi connectivity index (χ2n) is 8.40. The summed E-state index contributed by atoms with van der Waals surface area (Å²) in [6.07, 6.45) is 18.2. The molecule has 146 valence electrons. The summed E-state index contributed by atoms with van der Waals surface area (Å²) in [5, 5.41) is 0.146. The molecule has 0 rings (SSSR count). The summed E-state index contributed by atoms with van der Waals surface area (Å²) in [4.78, 5) is 0. The van der Waals surface area contributed by atoms with Crippen molar-refractivity contribution in [3.8, 4) is 0 Å². The lowest BCUT2D eigenvalue weighted by Crippen LogP contribution is -2.48. The fourth-order valence-corrected chi connectivity index (χ4v) is 6.92. The van der Waals surface area contributed by atoms with Crippen molar-refractivity contribution in [2.45, 2.75) is 122 Å². The van der Waals surface area contributed by atoms with Gasteiger partial charge in [-0.2, -0.15) is 0 Å². The maximum absolute atomic E-state index is 5.88. The molecule has 2 nitrogen and oxygen atoms in total. The van der Waals surface area contributed by atoms with Gasteiger partial charge in [0.05, 0.1) is 0 Å². The first-order valence-electron chi connectivity index (χ1n) is 10.5. The fourth-order valence-electron chi connectivity index (χ4n) is 3.65. The highest BCUT2D eigenvalue weighted by atomic mass is 28.4. The van der Waals surface area contributed by atoms with E-state index in [4.69, 9.17) is 8.85 Å². The Morgan fingerprint density at radius 1 is 0.583 bits per heavy atom. The Labute approximate surface area is 154 Å². The molecule has 0 unspecified atom stereocenters. The molecule has 0 aliphatic carbocycles. The zero-order valence-corrected chi connectivity index (χ0v) is 18.7. The molecule has 0 aromatic heterocycles. The zero-order valence-electron chi connectivity index (χ0n) is 17.7. The molecule has 0 N–H and O–H groups in total. The molecule has 0 atom stereocenters. The molecule has 0 bridgehead atoms. The molecule has 24 heavy (non-hydrogen) atoms. The fraction of sp³-hybridized carbons (Fsp3) is 1.00. The van der Waals surface area contributed by atoms with Gasteiger partial charge < -0.3 is 8.85 Å². The van der Waals surface area contributed by atoms with E-state index in [1.54, 1.807) is 0 Å². The van der Waals surface area contributed by atoms with Crippen LogP contribution in [-0.4, -0.2) is 22.8 Å². The van der Waals surface area contributed by atoms with Crippen LogP contribution in [0.1, 0.15) is 111 Å². The molecule has 0 saturated heterocycles. The zero-order chi connectivity index (χ0) is 18.3. The minimum absolute atomic E-state index is 0.146. The van der Waals surface area contributed by atoms with E-state index in [2.05, 4.69) is 27.7 Å². The third-order valence-corrected chi connectivity index (χ3v) is 10.0. The van der Waals surface area contributed by atoms with E-state index >= 15 is 0 Å². The van der Waals surface area contributed by atoms with Crippen molar-refractivity contribution in [3.63, 3.8) is 0 Å². The Balaban J connectivity index is 3.53. The third kappa shape index (κ3) is 10.2. The van der Waals surface area contributed by atoms with E-state index in [9.17, 15) is 0 Å². The van der Waals surface area contributed by atoms with Gasteiger partial charge in [0, 0.05) is 19.3 Å². The predicted molar refractivity (Wildman–Crippen MR) is 110 cm³/mol. The van der Waals surface area contributed by atoms with Gasteiger partial charge in [-0.3, -0.25) is 0 Å². The number of unbranched alkanes of at least 4 members (excludes halogenated alkanes) is 12. The molecule has 0 aromatic rings. The van der Waals surface area contributed by atoms with Gasteiger partial charge in [0.15, 0.2) is 0 Å². The van der Waals surface area contributed by atoms with Crippen LogP contribution in [0.2, 0.25) is 11.1 Å². The molecule has 0 fully saturated rings. The molecular weight excluding hydrogens is 312 g/mol. The molecule has 0 aliphatic rings. The van der Waals surface area contributed by atoms with E-state index < -0.39 is 8.56 Å². The van der Waals surface area contributed by atoms with Crippen molar-refractivity contribution in [2.24, 2.45) is 0 Å². The van der Waals surface area contributed by atoms with Gasteiger partial charge in [-0.05, 0) is 6.04 Å². The lowest BCUT2D eigenvalue weighted by molar-refractivity contribution is 0.212. The minimum atomic E-state index is -2.05. The Morgan fingerprint density at radius 3 is 1.21 bits per heavy atom. The molecular formula is C21H46O2Si. The van der Waals surface area contributed by atoms with Crippen LogP contribution >= 0.6 is 0 Å². The van der Waals surface area contributed by atoms with E-state index in [1.165, 1.54) is 83.5 Å². The number of hydrogen-bond acceptors (Lipinski definition) is 2. The third-order valence-electron chi connectivity index (χ3n) is 5.41. The van der Waals surface area contributed by atoms with Gasteiger partial charge in [-0.25, -0.2) is 0 Å². The van der Waals surface area contributed by atoms with Crippen LogP contribution in [0, 0.1) is 0 Å². The SMILES string of the molecule is CCCCCCCCCCCCCCC[Si](OC)(OC)C(C)(C)C. The van der Waals surface area contributed by atoms with Crippen LogP contribution < -0.4 is 0 Å². The Bertz CT molecular complexity index is 270. The summed E-state index contributed by atoms with van der Waals surface area (Å²) in [7, 11) is 1.63. The van der Waals surface area contributed by atoms with Crippen molar-refractivity contribution in [1.29, 1.82) is 0 Å². The molecule has 0 heterocycles. The normalized spacial score (nSPS) is 12.8. The van der Waals surface area contributed by atoms with Crippen LogP contribution in [0.4, 0.5) is 0 Å². The van der Waals surface area contributed by atoms with Crippen molar-refractivity contribution in [2.75, 3.05) is 14.2 Å². The standard InChI is InChI=1S/C21H46O2Si/c1-7-8-9-10-11-12-13-14-15-16-17-18-19-20-24(22-5,23-6)21(2,3)4/h7-20H2,1-6H3. The largest absolute Gasteiger partial charge is 0.397 e. The first kappa shape index (κ1) is 24.1. The van der Waals surface area contributed by atoms with Gasteiger partial charge in [0.1, 0.15) is 0 Å². The smallest absolute Gasteiger partial charge is 0.343 e. The number of rotatable bonds is 16. The summed E-state index contributed by atoms with van der Waals surface area (Å²) in [5.74, 6) is 0. The Hall–Kier alpha value is 0.137. The van der Waals surface area contributed by atoms with Crippen LogP contribution in [0.3, 0.4) is 0 Å². The topological polar surface area (TPSA) is 18.5 Å². The molecule has 0 saturated carbocycles. The van der Waals surface area contributed by atoms with Gasteiger partial charge in [0.25, 0.3) is 0 Å².